The molecule has 0 spiro atoms. The van der Waals surface area contributed by atoms with Gasteiger partial charge < -0.3 is 5.11 Å². The lowest BCUT2D eigenvalue weighted by Gasteiger charge is -2.02. The van der Waals surface area contributed by atoms with Gasteiger partial charge in [-0.15, -0.1) is 11.3 Å². The van der Waals surface area contributed by atoms with E-state index < -0.39 is 11.9 Å². The van der Waals surface area contributed by atoms with Crippen molar-refractivity contribution in [3.63, 3.8) is 0 Å². The molecule has 0 aliphatic heterocycles. The van der Waals surface area contributed by atoms with Crippen LogP contribution in [0.15, 0.2) is 4.34 Å². The minimum absolute atomic E-state index is 0.446. The molecule has 1 unspecified atom stereocenters. The van der Waals surface area contributed by atoms with Crippen LogP contribution in [0.1, 0.15) is 30.3 Å². The summed E-state index contributed by atoms with van der Waals surface area (Å²) in [4.78, 5) is 16.0. The van der Waals surface area contributed by atoms with Gasteiger partial charge >= 0.3 is 5.97 Å². The number of thiazole rings is 1. The zero-order valence-electron chi connectivity index (χ0n) is 8.40. The van der Waals surface area contributed by atoms with Crippen LogP contribution in [-0.2, 0) is 4.79 Å². The van der Waals surface area contributed by atoms with E-state index in [0.717, 1.165) is 20.7 Å². The zero-order chi connectivity index (χ0) is 10.7. The summed E-state index contributed by atoms with van der Waals surface area (Å²) in [5.74, 6) is -0.267. The first-order valence-corrected chi connectivity index (χ1v) is 6.19. The average Bonchev–Trinajstić information content (AvgIpc) is 2.46. The van der Waals surface area contributed by atoms with Gasteiger partial charge in [-0.3, -0.25) is 4.79 Å². The van der Waals surface area contributed by atoms with E-state index in [9.17, 15) is 4.79 Å². The molecule has 3 nitrogen and oxygen atoms in total. The Morgan fingerprint density at radius 3 is 2.86 bits per heavy atom. The Morgan fingerprint density at radius 1 is 1.71 bits per heavy atom. The van der Waals surface area contributed by atoms with Gasteiger partial charge in [0.15, 0.2) is 0 Å². The topological polar surface area (TPSA) is 50.2 Å². The summed E-state index contributed by atoms with van der Waals surface area (Å²) in [5.41, 5.74) is 0.848. The van der Waals surface area contributed by atoms with Crippen molar-refractivity contribution in [2.24, 2.45) is 0 Å². The minimum atomic E-state index is -0.787. The molecule has 1 heterocycles. The summed E-state index contributed by atoms with van der Waals surface area (Å²) >= 11 is 3.15. The minimum Gasteiger partial charge on any atom is -0.481 e. The van der Waals surface area contributed by atoms with Gasteiger partial charge in [0.1, 0.15) is 4.34 Å². The number of aryl methyl sites for hydroxylation is 1. The summed E-state index contributed by atoms with van der Waals surface area (Å²) < 4.78 is 0.966. The lowest BCUT2D eigenvalue weighted by molar-refractivity contribution is -0.138. The highest BCUT2D eigenvalue weighted by Gasteiger charge is 2.19. The molecule has 1 N–H and O–H groups in total. The second kappa shape index (κ2) is 4.79. The molecule has 1 rings (SSSR count). The molecule has 14 heavy (non-hydrogen) atoms. The number of carbonyl (C=O) groups is 1. The number of aromatic nitrogens is 1. The van der Waals surface area contributed by atoms with E-state index in [2.05, 4.69) is 11.9 Å². The van der Waals surface area contributed by atoms with E-state index in [4.69, 9.17) is 5.11 Å². The first kappa shape index (κ1) is 11.5. The van der Waals surface area contributed by atoms with Crippen molar-refractivity contribution >= 4 is 29.1 Å². The number of nitrogens with zero attached hydrogens (tertiary/aromatic N) is 1. The highest BCUT2D eigenvalue weighted by Crippen LogP contribution is 2.31. The van der Waals surface area contributed by atoms with Crippen molar-refractivity contribution in [1.29, 1.82) is 0 Å². The largest absolute Gasteiger partial charge is 0.481 e. The third-order valence-electron chi connectivity index (χ3n) is 1.84. The summed E-state index contributed by atoms with van der Waals surface area (Å²) in [5, 5.41) is 8.87. The Kier molecular flexibility index (Phi) is 3.95. The predicted molar refractivity (Wildman–Crippen MR) is 59.3 cm³/mol. The highest BCUT2D eigenvalue weighted by molar-refractivity contribution is 8.01. The van der Waals surface area contributed by atoms with E-state index in [-0.39, 0.29) is 0 Å². The van der Waals surface area contributed by atoms with E-state index in [0.29, 0.717) is 0 Å². The molecule has 78 valence electrons. The van der Waals surface area contributed by atoms with Gasteiger partial charge in [-0.1, -0.05) is 18.7 Å². The molecule has 5 heteroatoms. The lowest BCUT2D eigenvalue weighted by Crippen LogP contribution is -2.06. The van der Waals surface area contributed by atoms with Crippen LogP contribution < -0.4 is 0 Å². The van der Waals surface area contributed by atoms with E-state index in [1.165, 1.54) is 11.3 Å². The number of aliphatic carboxylic acids is 1. The van der Waals surface area contributed by atoms with Crippen molar-refractivity contribution < 1.29 is 9.90 Å². The fourth-order valence-corrected chi connectivity index (χ4v) is 3.23. The van der Waals surface area contributed by atoms with Crippen LogP contribution in [0.2, 0.25) is 0 Å². The molecule has 0 radical (unpaired) electrons. The van der Waals surface area contributed by atoms with Gasteiger partial charge in [0, 0.05) is 4.88 Å². The zero-order valence-corrected chi connectivity index (χ0v) is 10.0. The maximum Gasteiger partial charge on any atom is 0.311 e. The summed E-state index contributed by atoms with van der Waals surface area (Å²) in [6.45, 7) is 5.62. The standard InChI is InChI=1S/C9H13NO2S2/c1-4-13-9-10-6(3)7(14-9)5(2)8(11)12/h5H,4H2,1-3H3,(H,11,12). The van der Waals surface area contributed by atoms with Gasteiger partial charge in [0.2, 0.25) is 0 Å². The monoisotopic (exact) mass is 231 g/mol. The maximum absolute atomic E-state index is 10.8. The molecule has 0 aliphatic rings. The Hall–Kier alpha value is -0.550. The smallest absolute Gasteiger partial charge is 0.311 e. The van der Waals surface area contributed by atoms with E-state index >= 15 is 0 Å². The molecule has 1 aromatic heterocycles. The Labute approximate surface area is 91.6 Å². The second-order valence-electron chi connectivity index (χ2n) is 2.92. The molecule has 0 amide bonds. The molecule has 0 saturated carbocycles. The fraction of sp³-hybridized carbons (Fsp3) is 0.556. The summed E-state index contributed by atoms with van der Waals surface area (Å²) in [7, 11) is 0. The van der Waals surface area contributed by atoms with Crippen molar-refractivity contribution in [3.8, 4) is 0 Å². The van der Waals surface area contributed by atoms with Gasteiger partial charge in [-0.25, -0.2) is 4.98 Å². The number of carboxylic acids is 1. The summed E-state index contributed by atoms with van der Waals surface area (Å²) in [6, 6.07) is 0. The Balaban J connectivity index is 2.92. The maximum atomic E-state index is 10.8. The van der Waals surface area contributed by atoms with Crippen LogP contribution >= 0.6 is 23.1 Å². The van der Waals surface area contributed by atoms with E-state index in [1.807, 2.05) is 6.92 Å². The number of hydrogen-bond acceptors (Lipinski definition) is 4. The number of rotatable bonds is 4. The average molecular weight is 231 g/mol. The quantitative estimate of drug-likeness (QED) is 0.809. The summed E-state index contributed by atoms with van der Waals surface area (Å²) in [6.07, 6.45) is 0. The highest BCUT2D eigenvalue weighted by atomic mass is 32.2. The molecule has 0 aliphatic carbocycles. The molecular weight excluding hydrogens is 218 g/mol. The third kappa shape index (κ3) is 2.48. The predicted octanol–water partition coefficient (Wildman–Crippen LogP) is 2.75. The molecule has 1 aromatic rings. The Bertz CT molecular complexity index is 336. The lowest BCUT2D eigenvalue weighted by atomic mass is 10.1. The Morgan fingerprint density at radius 2 is 2.36 bits per heavy atom. The molecule has 0 fully saturated rings. The van der Waals surface area contributed by atoms with Gasteiger partial charge in [0.25, 0.3) is 0 Å². The van der Waals surface area contributed by atoms with Crippen LogP contribution in [0.3, 0.4) is 0 Å². The molecular formula is C9H13NO2S2. The van der Waals surface area contributed by atoms with Crippen LogP contribution in [0.5, 0.6) is 0 Å². The third-order valence-corrected chi connectivity index (χ3v) is 4.21. The van der Waals surface area contributed by atoms with Crippen molar-refractivity contribution in [2.45, 2.75) is 31.0 Å². The number of thioether (sulfide) groups is 1. The van der Waals surface area contributed by atoms with Crippen molar-refractivity contribution in [2.75, 3.05) is 5.75 Å². The van der Waals surface area contributed by atoms with E-state index in [1.54, 1.807) is 18.7 Å². The van der Waals surface area contributed by atoms with Crippen LogP contribution in [0, 0.1) is 6.92 Å². The van der Waals surface area contributed by atoms with Crippen molar-refractivity contribution in [1.82, 2.24) is 4.98 Å². The van der Waals surface area contributed by atoms with Gasteiger partial charge in [-0.05, 0) is 19.6 Å². The molecule has 1 atom stereocenters. The molecule has 0 saturated heterocycles. The normalized spacial score (nSPS) is 12.8. The second-order valence-corrected chi connectivity index (χ2v) is 5.46. The van der Waals surface area contributed by atoms with Crippen LogP contribution in [-0.4, -0.2) is 21.8 Å². The van der Waals surface area contributed by atoms with Gasteiger partial charge in [-0.2, -0.15) is 0 Å². The van der Waals surface area contributed by atoms with Crippen molar-refractivity contribution in [3.05, 3.63) is 10.6 Å². The first-order valence-electron chi connectivity index (χ1n) is 4.39. The molecule has 0 bridgehead atoms. The van der Waals surface area contributed by atoms with Gasteiger partial charge in [0.05, 0.1) is 11.6 Å². The molecule has 0 aromatic carbocycles. The van der Waals surface area contributed by atoms with Crippen LogP contribution in [0.4, 0.5) is 0 Å². The number of carboxylic acid groups (broad SMARTS) is 1. The number of hydrogen-bond donors (Lipinski definition) is 1. The first-order chi connectivity index (χ1) is 6.56. The fourth-order valence-electron chi connectivity index (χ4n) is 1.08. The van der Waals surface area contributed by atoms with Crippen LogP contribution in [0.25, 0.3) is 0 Å². The SMILES string of the molecule is CCSc1nc(C)c(C(C)C(=O)O)s1.